The number of hydrogen-bond acceptors (Lipinski definition) is 6. The van der Waals surface area contributed by atoms with Gasteiger partial charge >= 0.3 is 12.0 Å². The van der Waals surface area contributed by atoms with Crippen molar-refractivity contribution in [3.05, 3.63) is 22.7 Å². The maximum Gasteiger partial charge on any atom is 0.344 e. The van der Waals surface area contributed by atoms with Crippen LogP contribution in [0.15, 0.2) is 17.2 Å². The lowest BCUT2D eigenvalue weighted by Gasteiger charge is -2.13. The van der Waals surface area contributed by atoms with Gasteiger partial charge in [0.1, 0.15) is 0 Å². The highest BCUT2D eigenvalue weighted by Gasteiger charge is 2.14. The van der Waals surface area contributed by atoms with Gasteiger partial charge in [-0.3, -0.25) is 0 Å². The molecule has 0 saturated carbocycles. The highest BCUT2D eigenvalue weighted by molar-refractivity contribution is 6.32. The van der Waals surface area contributed by atoms with Gasteiger partial charge in [0, 0.05) is 0 Å². The first-order chi connectivity index (χ1) is 11.0. The molecule has 0 aromatic heterocycles. The zero-order valence-electron chi connectivity index (χ0n) is 12.8. The van der Waals surface area contributed by atoms with Crippen LogP contribution in [0.3, 0.4) is 0 Å². The van der Waals surface area contributed by atoms with Crippen molar-refractivity contribution in [2.75, 3.05) is 19.8 Å². The molecular formula is C14H18ClN3O5. The predicted molar refractivity (Wildman–Crippen MR) is 85.1 cm³/mol. The van der Waals surface area contributed by atoms with Crippen LogP contribution in [-0.4, -0.2) is 38.0 Å². The lowest BCUT2D eigenvalue weighted by atomic mass is 10.2. The number of rotatable bonds is 8. The normalized spacial score (nSPS) is 10.4. The fourth-order valence-electron chi connectivity index (χ4n) is 1.57. The number of esters is 1. The van der Waals surface area contributed by atoms with Gasteiger partial charge in [0.2, 0.25) is 0 Å². The summed E-state index contributed by atoms with van der Waals surface area (Å²) in [4.78, 5) is 21.9. The summed E-state index contributed by atoms with van der Waals surface area (Å²) >= 11 is 6.14. The number of carbonyl (C=O) groups is 2. The van der Waals surface area contributed by atoms with Crippen LogP contribution in [0.4, 0.5) is 4.79 Å². The van der Waals surface area contributed by atoms with Crippen LogP contribution in [0, 0.1) is 0 Å². The molecule has 2 amide bonds. The Morgan fingerprint density at radius 1 is 1.30 bits per heavy atom. The van der Waals surface area contributed by atoms with Crippen LogP contribution < -0.4 is 20.6 Å². The second-order valence-corrected chi connectivity index (χ2v) is 4.50. The van der Waals surface area contributed by atoms with Gasteiger partial charge in [-0.05, 0) is 31.5 Å². The summed E-state index contributed by atoms with van der Waals surface area (Å²) in [5.74, 6) is 0.0497. The molecule has 23 heavy (non-hydrogen) atoms. The summed E-state index contributed by atoms with van der Waals surface area (Å²) in [6, 6.07) is 2.35. The van der Waals surface area contributed by atoms with Gasteiger partial charge in [0.25, 0.3) is 0 Å². The monoisotopic (exact) mass is 343 g/mol. The molecule has 126 valence electrons. The van der Waals surface area contributed by atoms with Crippen LogP contribution in [0.2, 0.25) is 5.02 Å². The molecule has 0 radical (unpaired) electrons. The van der Waals surface area contributed by atoms with Gasteiger partial charge in [-0.15, -0.1) is 0 Å². The lowest BCUT2D eigenvalue weighted by molar-refractivity contribution is -0.145. The van der Waals surface area contributed by atoms with E-state index < -0.39 is 12.0 Å². The summed E-state index contributed by atoms with van der Waals surface area (Å²) in [5, 5.41) is 3.86. The minimum absolute atomic E-state index is 0.223. The van der Waals surface area contributed by atoms with Gasteiger partial charge in [-0.2, -0.15) is 5.10 Å². The minimum Gasteiger partial charge on any atom is -0.490 e. The third-order valence-electron chi connectivity index (χ3n) is 2.36. The zero-order valence-corrected chi connectivity index (χ0v) is 13.6. The maximum absolute atomic E-state index is 11.4. The van der Waals surface area contributed by atoms with Crippen molar-refractivity contribution in [3.63, 3.8) is 0 Å². The number of primary amides is 1. The number of nitrogens with one attached hydrogen (secondary N) is 1. The Kier molecular flexibility index (Phi) is 7.69. The Morgan fingerprint density at radius 2 is 2.04 bits per heavy atom. The number of hydrogen-bond donors (Lipinski definition) is 2. The molecule has 9 heteroatoms. The number of benzene rings is 1. The molecule has 0 atom stereocenters. The van der Waals surface area contributed by atoms with Crippen molar-refractivity contribution in [2.24, 2.45) is 10.8 Å². The molecule has 0 unspecified atom stereocenters. The van der Waals surface area contributed by atoms with Crippen molar-refractivity contribution in [1.82, 2.24) is 5.43 Å². The van der Waals surface area contributed by atoms with E-state index in [1.54, 1.807) is 19.9 Å². The molecule has 0 bridgehead atoms. The van der Waals surface area contributed by atoms with Crippen molar-refractivity contribution in [2.45, 2.75) is 13.8 Å². The van der Waals surface area contributed by atoms with Gasteiger partial charge in [-0.25, -0.2) is 15.0 Å². The molecule has 0 fully saturated rings. The largest absolute Gasteiger partial charge is 0.490 e. The Hall–Kier alpha value is -2.48. The number of amides is 2. The number of nitrogens with two attached hydrogens (primary N) is 1. The molecule has 0 aliphatic heterocycles. The average molecular weight is 344 g/mol. The molecule has 3 N–H and O–H groups in total. The van der Waals surface area contributed by atoms with Crippen molar-refractivity contribution in [3.8, 4) is 11.5 Å². The highest BCUT2D eigenvalue weighted by atomic mass is 35.5. The Labute approximate surface area is 138 Å². The first-order valence-corrected chi connectivity index (χ1v) is 7.19. The van der Waals surface area contributed by atoms with E-state index in [1.807, 2.05) is 0 Å². The summed E-state index contributed by atoms with van der Waals surface area (Å²) in [6.07, 6.45) is 1.34. The smallest absolute Gasteiger partial charge is 0.344 e. The van der Waals surface area contributed by atoms with E-state index in [1.165, 1.54) is 12.3 Å². The summed E-state index contributed by atoms with van der Waals surface area (Å²) in [6.45, 7) is 3.83. The molecule has 0 aliphatic rings. The van der Waals surface area contributed by atoms with Crippen LogP contribution >= 0.6 is 11.6 Å². The van der Waals surface area contributed by atoms with Crippen LogP contribution in [0.25, 0.3) is 0 Å². The topological polar surface area (TPSA) is 112 Å². The van der Waals surface area contributed by atoms with Gasteiger partial charge < -0.3 is 19.9 Å². The first kappa shape index (κ1) is 18.6. The fourth-order valence-corrected chi connectivity index (χ4v) is 1.84. The van der Waals surface area contributed by atoms with E-state index in [9.17, 15) is 9.59 Å². The molecule has 0 saturated heterocycles. The second-order valence-electron chi connectivity index (χ2n) is 4.09. The van der Waals surface area contributed by atoms with Gasteiger partial charge in [-0.1, -0.05) is 11.6 Å². The standard InChI is InChI=1S/C14H18ClN3O5/c1-3-21-11-6-9(7-17-18-14(16)20)5-10(15)13(11)23-8-12(19)22-4-2/h5-7H,3-4,8H2,1-2H3,(H3,16,18,20). The number of carbonyl (C=O) groups excluding carboxylic acids is 2. The zero-order chi connectivity index (χ0) is 17.2. The van der Waals surface area contributed by atoms with E-state index in [0.29, 0.717) is 17.9 Å². The van der Waals surface area contributed by atoms with E-state index in [0.717, 1.165) is 0 Å². The van der Waals surface area contributed by atoms with E-state index in [-0.39, 0.29) is 24.0 Å². The molecular weight excluding hydrogens is 326 g/mol. The summed E-state index contributed by atoms with van der Waals surface area (Å²) in [5.41, 5.74) is 7.52. The van der Waals surface area contributed by atoms with Crippen molar-refractivity contribution in [1.29, 1.82) is 0 Å². The molecule has 1 aromatic carbocycles. The third kappa shape index (κ3) is 6.43. The summed E-state index contributed by atoms with van der Waals surface area (Å²) in [7, 11) is 0. The number of hydrazone groups is 1. The second kappa shape index (κ2) is 9.52. The molecule has 0 aliphatic carbocycles. The SMILES string of the molecule is CCOC(=O)COc1c(Cl)cc(C=NNC(N)=O)cc1OCC. The highest BCUT2D eigenvalue weighted by Crippen LogP contribution is 2.36. The fraction of sp³-hybridized carbons (Fsp3) is 0.357. The van der Waals surface area contributed by atoms with Crippen LogP contribution in [0.5, 0.6) is 11.5 Å². The van der Waals surface area contributed by atoms with Gasteiger partial charge in [0.15, 0.2) is 18.1 Å². The van der Waals surface area contributed by atoms with E-state index >= 15 is 0 Å². The average Bonchev–Trinajstić information content (AvgIpc) is 2.46. The van der Waals surface area contributed by atoms with Gasteiger partial charge in [0.05, 0.1) is 24.5 Å². The molecule has 0 spiro atoms. The predicted octanol–water partition coefficient (Wildman–Crippen LogP) is 1.68. The van der Waals surface area contributed by atoms with Crippen molar-refractivity contribution < 1.29 is 23.8 Å². The third-order valence-corrected chi connectivity index (χ3v) is 2.64. The summed E-state index contributed by atoms with van der Waals surface area (Å²) < 4.78 is 15.6. The minimum atomic E-state index is -0.785. The van der Waals surface area contributed by atoms with E-state index in [4.69, 9.17) is 31.5 Å². The van der Waals surface area contributed by atoms with Crippen LogP contribution in [-0.2, 0) is 9.53 Å². The molecule has 1 aromatic rings. The maximum atomic E-state index is 11.4. The molecule has 1 rings (SSSR count). The Morgan fingerprint density at radius 3 is 2.65 bits per heavy atom. The van der Waals surface area contributed by atoms with E-state index in [2.05, 4.69) is 10.5 Å². The lowest BCUT2D eigenvalue weighted by Crippen LogP contribution is -2.24. The Bertz CT molecular complexity index is 592. The Balaban J connectivity index is 2.94. The quantitative estimate of drug-likeness (QED) is 0.423. The van der Waals surface area contributed by atoms with Crippen molar-refractivity contribution >= 4 is 29.8 Å². The number of nitrogens with zero attached hydrogens (tertiary/aromatic N) is 1. The first-order valence-electron chi connectivity index (χ1n) is 6.81. The number of halogens is 1. The molecule has 8 nitrogen and oxygen atoms in total. The molecule has 0 heterocycles. The number of urea groups is 1. The van der Waals surface area contributed by atoms with Crippen LogP contribution in [0.1, 0.15) is 19.4 Å². The number of ether oxygens (including phenoxy) is 3.